The molecule has 0 spiro atoms. The molecular formula is C28H25F9N4O4. The standard InChI is InChI=1S/C28H25F9N4O4/c1-2-18-12-20(19-11-15(26(29,30)31)3-4-22(19)41(18)25(43)44)39-24-38-13-23(45-6-5-42)21(40-24)9-14-7-16(27(32,33)34)10-17(8-14)28(35,36)37/h3-4,7-8,10-11,13,18,20,42H,2,5-6,9,12H2,1H3,(H,43,44)(H,38,39,40)/t18-,20+/m1/s1. The summed E-state index contributed by atoms with van der Waals surface area (Å²) in [5.74, 6) is -0.441. The van der Waals surface area contributed by atoms with Gasteiger partial charge in [-0.2, -0.15) is 39.5 Å². The van der Waals surface area contributed by atoms with Gasteiger partial charge in [-0.25, -0.2) is 14.8 Å². The van der Waals surface area contributed by atoms with Crippen molar-refractivity contribution in [2.24, 2.45) is 0 Å². The number of aromatic nitrogens is 2. The Hall–Kier alpha value is -4.28. The fraction of sp³-hybridized carbons (Fsp3) is 0.393. The van der Waals surface area contributed by atoms with Crippen LogP contribution in [0.5, 0.6) is 5.75 Å². The molecule has 244 valence electrons. The monoisotopic (exact) mass is 652 g/mol. The van der Waals surface area contributed by atoms with Gasteiger partial charge in [-0.1, -0.05) is 6.92 Å². The van der Waals surface area contributed by atoms with Crippen LogP contribution in [0.4, 0.5) is 55.9 Å². The number of ether oxygens (including phenoxy) is 1. The second-order valence-corrected chi connectivity index (χ2v) is 10.1. The first-order chi connectivity index (χ1) is 20.9. The first-order valence-electron chi connectivity index (χ1n) is 13.3. The van der Waals surface area contributed by atoms with E-state index in [2.05, 4.69) is 15.3 Å². The number of alkyl halides is 9. The molecule has 0 radical (unpaired) electrons. The number of carboxylic acid groups (broad SMARTS) is 1. The Bertz CT molecular complexity index is 1510. The maximum absolute atomic E-state index is 13.6. The molecule has 0 saturated heterocycles. The number of fused-ring (bicyclic) bond motifs is 1. The molecule has 0 fully saturated rings. The Morgan fingerprint density at radius 1 is 0.978 bits per heavy atom. The Balaban J connectivity index is 1.77. The Morgan fingerprint density at radius 2 is 1.60 bits per heavy atom. The predicted octanol–water partition coefficient (Wildman–Crippen LogP) is 7.31. The van der Waals surface area contributed by atoms with Gasteiger partial charge in [0, 0.05) is 12.5 Å². The number of rotatable bonds is 8. The number of benzene rings is 2. The van der Waals surface area contributed by atoms with E-state index in [1.807, 2.05) is 0 Å². The van der Waals surface area contributed by atoms with Crippen molar-refractivity contribution >= 4 is 17.7 Å². The van der Waals surface area contributed by atoms with Gasteiger partial charge in [0.05, 0.1) is 46.9 Å². The van der Waals surface area contributed by atoms with Gasteiger partial charge < -0.3 is 20.3 Å². The Kier molecular flexibility index (Phi) is 9.42. The fourth-order valence-corrected chi connectivity index (χ4v) is 5.02. The Labute approximate surface area is 249 Å². The number of halogens is 9. The van der Waals surface area contributed by atoms with Crippen molar-refractivity contribution in [1.29, 1.82) is 0 Å². The minimum absolute atomic E-state index is 0.0159. The van der Waals surface area contributed by atoms with E-state index in [9.17, 15) is 49.4 Å². The molecule has 3 N–H and O–H groups in total. The minimum Gasteiger partial charge on any atom is -0.488 e. The SMILES string of the molecule is CC[C@@H]1C[C@H](Nc2ncc(OCCO)c(Cc3cc(C(F)(F)F)cc(C(F)(F)F)c3)n2)c2cc(C(F)(F)F)ccc2N1C(=O)O. The summed E-state index contributed by atoms with van der Waals surface area (Å²) in [6, 6.07) is 1.91. The lowest BCUT2D eigenvalue weighted by molar-refractivity contribution is -0.143. The van der Waals surface area contributed by atoms with Crippen LogP contribution in [0.2, 0.25) is 0 Å². The van der Waals surface area contributed by atoms with Gasteiger partial charge in [0.2, 0.25) is 5.95 Å². The summed E-state index contributed by atoms with van der Waals surface area (Å²) >= 11 is 0. The zero-order chi connectivity index (χ0) is 33.3. The summed E-state index contributed by atoms with van der Waals surface area (Å²) in [5.41, 5.74) is -4.83. The van der Waals surface area contributed by atoms with Crippen LogP contribution in [-0.4, -0.2) is 45.5 Å². The second kappa shape index (κ2) is 12.6. The van der Waals surface area contributed by atoms with Gasteiger partial charge in [0.1, 0.15) is 6.61 Å². The normalized spacial score (nSPS) is 17.2. The lowest BCUT2D eigenvalue weighted by Crippen LogP contribution is -2.45. The van der Waals surface area contributed by atoms with Crippen molar-refractivity contribution in [2.45, 2.75) is 56.8 Å². The molecule has 0 saturated carbocycles. The molecule has 17 heteroatoms. The van der Waals surface area contributed by atoms with E-state index in [0.29, 0.717) is 12.1 Å². The molecule has 1 aromatic heterocycles. The van der Waals surface area contributed by atoms with Crippen LogP contribution in [0.1, 0.15) is 59.3 Å². The molecule has 2 heterocycles. The number of carbonyl (C=O) groups is 1. The predicted molar refractivity (Wildman–Crippen MR) is 141 cm³/mol. The molecule has 1 amide bonds. The summed E-state index contributed by atoms with van der Waals surface area (Å²) in [7, 11) is 0. The Morgan fingerprint density at radius 3 is 2.13 bits per heavy atom. The molecule has 4 rings (SSSR count). The van der Waals surface area contributed by atoms with Crippen LogP contribution in [0.3, 0.4) is 0 Å². The van der Waals surface area contributed by atoms with Crippen LogP contribution in [-0.2, 0) is 24.9 Å². The zero-order valence-corrected chi connectivity index (χ0v) is 23.2. The van der Waals surface area contributed by atoms with Gasteiger partial charge >= 0.3 is 24.6 Å². The summed E-state index contributed by atoms with van der Waals surface area (Å²) in [6.07, 6.45) is -15.7. The molecule has 0 aliphatic carbocycles. The number of amides is 1. The molecular weight excluding hydrogens is 627 g/mol. The van der Waals surface area contributed by atoms with Crippen LogP contribution in [0, 0.1) is 0 Å². The average Bonchev–Trinajstić information content (AvgIpc) is 2.94. The maximum atomic E-state index is 13.6. The molecule has 1 aliphatic heterocycles. The topological polar surface area (TPSA) is 108 Å². The quantitative estimate of drug-likeness (QED) is 0.219. The van der Waals surface area contributed by atoms with Crippen LogP contribution >= 0.6 is 0 Å². The van der Waals surface area contributed by atoms with Gasteiger partial charge in [-0.3, -0.25) is 4.90 Å². The third-order valence-electron chi connectivity index (χ3n) is 7.04. The molecule has 2 atom stereocenters. The fourth-order valence-electron chi connectivity index (χ4n) is 5.02. The molecule has 8 nitrogen and oxygen atoms in total. The van der Waals surface area contributed by atoms with Crippen molar-refractivity contribution in [3.8, 4) is 5.75 Å². The van der Waals surface area contributed by atoms with Gasteiger partial charge in [0.25, 0.3) is 0 Å². The molecule has 3 aromatic rings. The van der Waals surface area contributed by atoms with Crippen molar-refractivity contribution in [3.05, 3.63) is 76.1 Å². The van der Waals surface area contributed by atoms with Crippen molar-refractivity contribution in [3.63, 3.8) is 0 Å². The third kappa shape index (κ3) is 7.69. The first-order valence-corrected chi connectivity index (χ1v) is 13.3. The number of nitrogens with one attached hydrogen (secondary N) is 1. The highest BCUT2D eigenvalue weighted by atomic mass is 19.4. The summed E-state index contributed by atoms with van der Waals surface area (Å²) in [5, 5.41) is 21.8. The smallest absolute Gasteiger partial charge is 0.416 e. The minimum atomic E-state index is -5.10. The highest BCUT2D eigenvalue weighted by Crippen LogP contribution is 2.43. The highest BCUT2D eigenvalue weighted by Gasteiger charge is 2.39. The van der Waals surface area contributed by atoms with Gasteiger partial charge in [-0.15, -0.1) is 0 Å². The van der Waals surface area contributed by atoms with Crippen LogP contribution < -0.4 is 15.0 Å². The van der Waals surface area contributed by atoms with E-state index in [4.69, 9.17) is 9.84 Å². The molecule has 2 aromatic carbocycles. The van der Waals surface area contributed by atoms with E-state index in [0.717, 1.165) is 29.3 Å². The molecule has 1 aliphatic rings. The first kappa shape index (κ1) is 33.6. The molecule has 45 heavy (non-hydrogen) atoms. The number of nitrogens with zero attached hydrogens (tertiary/aromatic N) is 3. The molecule has 0 unspecified atom stereocenters. The van der Waals surface area contributed by atoms with Crippen LogP contribution in [0.25, 0.3) is 0 Å². The van der Waals surface area contributed by atoms with E-state index < -0.39 is 72.0 Å². The summed E-state index contributed by atoms with van der Waals surface area (Å²) in [6.45, 7) is 0.859. The molecule has 0 bridgehead atoms. The largest absolute Gasteiger partial charge is 0.488 e. The average molecular weight is 653 g/mol. The van der Waals surface area contributed by atoms with Crippen LogP contribution in [0.15, 0.2) is 42.6 Å². The van der Waals surface area contributed by atoms with Gasteiger partial charge in [-0.05, 0) is 60.4 Å². The number of hydrogen-bond acceptors (Lipinski definition) is 6. The highest BCUT2D eigenvalue weighted by molar-refractivity contribution is 5.89. The van der Waals surface area contributed by atoms with Crippen molar-refractivity contribution < 1.29 is 59.3 Å². The number of hydrogen-bond donors (Lipinski definition) is 3. The van der Waals surface area contributed by atoms with E-state index >= 15 is 0 Å². The van der Waals surface area contributed by atoms with Crippen molar-refractivity contribution in [1.82, 2.24) is 9.97 Å². The summed E-state index contributed by atoms with van der Waals surface area (Å²) in [4.78, 5) is 21.2. The zero-order valence-electron chi connectivity index (χ0n) is 23.2. The van der Waals surface area contributed by atoms with Crippen molar-refractivity contribution in [2.75, 3.05) is 23.4 Å². The van der Waals surface area contributed by atoms with E-state index in [1.54, 1.807) is 6.92 Å². The lowest BCUT2D eigenvalue weighted by Gasteiger charge is -2.39. The number of aliphatic hydroxyl groups is 1. The second-order valence-electron chi connectivity index (χ2n) is 10.1. The third-order valence-corrected chi connectivity index (χ3v) is 7.04. The van der Waals surface area contributed by atoms with E-state index in [-0.39, 0.29) is 54.2 Å². The number of anilines is 2. The maximum Gasteiger partial charge on any atom is 0.416 e. The number of aliphatic hydroxyl groups excluding tert-OH is 1. The summed E-state index contributed by atoms with van der Waals surface area (Å²) < 4.78 is 127. The van der Waals surface area contributed by atoms with Gasteiger partial charge in [0.15, 0.2) is 5.75 Å². The lowest BCUT2D eigenvalue weighted by atomic mass is 9.89. The van der Waals surface area contributed by atoms with E-state index in [1.165, 1.54) is 0 Å².